The van der Waals surface area contributed by atoms with Crippen molar-refractivity contribution in [2.45, 2.75) is 13.8 Å². The van der Waals surface area contributed by atoms with Crippen molar-refractivity contribution in [3.8, 4) is 0 Å². The molecular formula is C13H16O3. The van der Waals surface area contributed by atoms with Crippen molar-refractivity contribution in [3.05, 3.63) is 48.5 Å². The van der Waals surface area contributed by atoms with Gasteiger partial charge in [-0.05, 0) is 19.9 Å². The van der Waals surface area contributed by atoms with E-state index in [0.29, 0.717) is 11.5 Å². The molecule has 1 aliphatic rings. The molecule has 2 unspecified atom stereocenters. The third-order valence-corrected chi connectivity index (χ3v) is 2.33. The van der Waals surface area contributed by atoms with Gasteiger partial charge in [-0.2, -0.15) is 0 Å². The van der Waals surface area contributed by atoms with Crippen molar-refractivity contribution in [2.24, 2.45) is 11.8 Å². The van der Waals surface area contributed by atoms with Crippen LogP contribution in [0.15, 0.2) is 48.5 Å². The summed E-state index contributed by atoms with van der Waals surface area (Å²) < 4.78 is 5.44. The number of rotatable bonds is 4. The number of hydrogen-bond acceptors (Lipinski definition) is 2. The number of carboxylic acids is 1. The Morgan fingerprint density at radius 2 is 1.94 bits per heavy atom. The third-order valence-electron chi connectivity index (χ3n) is 2.33. The Bertz CT molecular complexity index is 375. The topological polar surface area (TPSA) is 46.5 Å². The molecule has 0 aliphatic heterocycles. The molecule has 86 valence electrons. The number of allylic oxidation sites excluding steroid dienone is 5. The average Bonchev–Trinajstić information content (AvgIpc) is 2.25. The van der Waals surface area contributed by atoms with Crippen molar-refractivity contribution in [3.63, 3.8) is 0 Å². The monoisotopic (exact) mass is 220 g/mol. The van der Waals surface area contributed by atoms with Gasteiger partial charge in [0.2, 0.25) is 0 Å². The Morgan fingerprint density at radius 3 is 2.38 bits per heavy atom. The van der Waals surface area contributed by atoms with E-state index in [0.717, 1.165) is 0 Å². The van der Waals surface area contributed by atoms with Gasteiger partial charge < -0.3 is 9.84 Å². The van der Waals surface area contributed by atoms with E-state index in [9.17, 15) is 4.79 Å². The predicted molar refractivity (Wildman–Crippen MR) is 62.6 cm³/mol. The predicted octanol–water partition coefficient (Wildman–Crippen LogP) is 2.88. The average molecular weight is 220 g/mol. The lowest BCUT2D eigenvalue weighted by Crippen LogP contribution is -2.24. The van der Waals surface area contributed by atoms with Crippen molar-refractivity contribution in [1.29, 1.82) is 0 Å². The maximum Gasteiger partial charge on any atom is 0.311 e. The number of hydrogen-bond donors (Lipinski definition) is 1. The highest BCUT2D eigenvalue weighted by molar-refractivity contribution is 5.74. The first-order valence-corrected chi connectivity index (χ1v) is 5.13. The zero-order valence-electron chi connectivity index (χ0n) is 9.51. The highest BCUT2D eigenvalue weighted by atomic mass is 16.5. The molecule has 0 saturated carbocycles. The summed E-state index contributed by atoms with van der Waals surface area (Å²) in [6.45, 7) is 7.22. The zero-order chi connectivity index (χ0) is 12.1. The van der Waals surface area contributed by atoms with Gasteiger partial charge in [-0.25, -0.2) is 0 Å². The summed E-state index contributed by atoms with van der Waals surface area (Å²) in [4.78, 5) is 11.1. The Hall–Kier alpha value is -1.77. The maximum atomic E-state index is 11.1. The van der Waals surface area contributed by atoms with Crippen LogP contribution in [0.1, 0.15) is 13.8 Å². The smallest absolute Gasteiger partial charge is 0.311 e. The van der Waals surface area contributed by atoms with Gasteiger partial charge in [0.1, 0.15) is 5.76 Å². The van der Waals surface area contributed by atoms with Crippen LogP contribution in [0, 0.1) is 11.8 Å². The van der Waals surface area contributed by atoms with E-state index >= 15 is 0 Å². The van der Waals surface area contributed by atoms with Crippen LogP contribution in [0.2, 0.25) is 0 Å². The molecular weight excluding hydrogens is 204 g/mol. The molecule has 0 spiro atoms. The Labute approximate surface area is 95.4 Å². The highest BCUT2D eigenvalue weighted by Crippen LogP contribution is 2.29. The van der Waals surface area contributed by atoms with Crippen LogP contribution < -0.4 is 0 Å². The summed E-state index contributed by atoms with van der Waals surface area (Å²) >= 11 is 0. The molecule has 16 heavy (non-hydrogen) atoms. The normalized spacial score (nSPS) is 24.2. The van der Waals surface area contributed by atoms with Crippen LogP contribution in [0.4, 0.5) is 0 Å². The molecule has 0 aromatic carbocycles. The molecule has 0 fully saturated rings. The summed E-state index contributed by atoms with van der Waals surface area (Å²) in [7, 11) is 0. The minimum Gasteiger partial charge on any atom is -0.481 e. The minimum absolute atomic E-state index is 0.260. The van der Waals surface area contributed by atoms with E-state index in [1.165, 1.54) is 0 Å². The van der Waals surface area contributed by atoms with Crippen LogP contribution in [0.25, 0.3) is 0 Å². The van der Waals surface area contributed by atoms with Gasteiger partial charge in [0.15, 0.2) is 0 Å². The van der Waals surface area contributed by atoms with Crippen LogP contribution in [-0.4, -0.2) is 11.1 Å². The molecule has 0 aromatic heterocycles. The second kappa shape index (κ2) is 5.35. The Morgan fingerprint density at radius 1 is 1.38 bits per heavy atom. The number of carbonyl (C=O) groups is 1. The van der Waals surface area contributed by atoms with Crippen molar-refractivity contribution in [1.82, 2.24) is 0 Å². The second-order valence-corrected chi connectivity index (χ2v) is 3.65. The third kappa shape index (κ3) is 2.86. The van der Waals surface area contributed by atoms with Gasteiger partial charge in [0, 0.05) is 0 Å². The first kappa shape index (κ1) is 12.3. The molecule has 1 rings (SSSR count). The van der Waals surface area contributed by atoms with Gasteiger partial charge in [-0.15, -0.1) is 0 Å². The minimum atomic E-state index is -0.852. The quantitative estimate of drug-likeness (QED) is 0.741. The molecule has 3 heteroatoms. The standard InChI is InChI=1S/C13H16O3/c1-4-12(16-9(2)3)10-7-5-6-8-11(10)13(14)15/h4-8,10-11H,2H2,1,3H3,(H,14,15)/b12-4-. The summed E-state index contributed by atoms with van der Waals surface area (Å²) in [5.74, 6) is -0.504. The first-order valence-electron chi connectivity index (χ1n) is 5.13. The number of ether oxygens (including phenoxy) is 1. The first-order chi connectivity index (χ1) is 7.56. The van der Waals surface area contributed by atoms with E-state index < -0.39 is 11.9 Å². The Kier molecular flexibility index (Phi) is 4.11. The summed E-state index contributed by atoms with van der Waals surface area (Å²) in [6, 6.07) is 0. The lowest BCUT2D eigenvalue weighted by molar-refractivity contribution is -0.141. The lowest BCUT2D eigenvalue weighted by atomic mass is 9.86. The largest absolute Gasteiger partial charge is 0.481 e. The lowest BCUT2D eigenvalue weighted by Gasteiger charge is -2.23. The zero-order valence-corrected chi connectivity index (χ0v) is 9.51. The van der Waals surface area contributed by atoms with Crippen molar-refractivity contribution >= 4 is 5.97 Å². The molecule has 3 nitrogen and oxygen atoms in total. The van der Waals surface area contributed by atoms with E-state index in [-0.39, 0.29) is 5.92 Å². The van der Waals surface area contributed by atoms with E-state index in [1.807, 2.05) is 19.1 Å². The molecule has 0 amide bonds. The highest BCUT2D eigenvalue weighted by Gasteiger charge is 2.29. The van der Waals surface area contributed by atoms with Crippen molar-refractivity contribution < 1.29 is 14.6 Å². The van der Waals surface area contributed by atoms with E-state index in [1.54, 1.807) is 25.2 Å². The summed E-state index contributed by atoms with van der Waals surface area (Å²) in [6.07, 6.45) is 8.84. The van der Waals surface area contributed by atoms with Gasteiger partial charge >= 0.3 is 5.97 Å². The molecule has 1 aliphatic carbocycles. The molecule has 0 aromatic rings. The second-order valence-electron chi connectivity index (χ2n) is 3.65. The van der Waals surface area contributed by atoms with Gasteiger partial charge in [0.25, 0.3) is 0 Å². The fraction of sp³-hybridized carbons (Fsp3) is 0.308. The SMILES string of the molecule is C=C(C)O/C(=C\C)C1C=CC=CC1C(=O)O. The van der Waals surface area contributed by atoms with Crippen molar-refractivity contribution in [2.75, 3.05) is 0 Å². The van der Waals surface area contributed by atoms with Crippen LogP contribution in [0.3, 0.4) is 0 Å². The van der Waals surface area contributed by atoms with E-state index in [2.05, 4.69) is 6.58 Å². The summed E-state index contributed by atoms with van der Waals surface area (Å²) in [5.41, 5.74) is 0. The molecule has 0 radical (unpaired) electrons. The molecule has 0 bridgehead atoms. The Balaban J connectivity index is 2.91. The van der Waals surface area contributed by atoms with Crippen LogP contribution in [-0.2, 0) is 9.53 Å². The summed E-state index contributed by atoms with van der Waals surface area (Å²) in [5, 5.41) is 9.10. The fourth-order valence-electron chi connectivity index (χ4n) is 1.64. The van der Waals surface area contributed by atoms with Gasteiger partial charge in [-0.3, -0.25) is 4.79 Å². The van der Waals surface area contributed by atoms with E-state index in [4.69, 9.17) is 9.84 Å². The molecule has 2 atom stereocenters. The van der Waals surface area contributed by atoms with Gasteiger partial charge in [0.05, 0.1) is 17.6 Å². The fourth-order valence-corrected chi connectivity index (χ4v) is 1.64. The molecule has 0 saturated heterocycles. The van der Waals surface area contributed by atoms with Crippen LogP contribution >= 0.6 is 0 Å². The molecule has 1 N–H and O–H groups in total. The maximum absolute atomic E-state index is 11.1. The van der Waals surface area contributed by atoms with Crippen LogP contribution in [0.5, 0.6) is 0 Å². The van der Waals surface area contributed by atoms with Gasteiger partial charge in [-0.1, -0.05) is 30.9 Å². The number of aliphatic carboxylic acids is 1. The number of carboxylic acid groups (broad SMARTS) is 1. The molecule has 0 heterocycles.